The second kappa shape index (κ2) is 22.4. The van der Waals surface area contributed by atoms with Crippen molar-refractivity contribution >= 4 is 0 Å². The van der Waals surface area contributed by atoms with E-state index in [-0.39, 0.29) is 71.2 Å². The molecular formula is C51H60O4Y-2. The van der Waals surface area contributed by atoms with Crippen molar-refractivity contribution in [3.63, 3.8) is 0 Å². The molecule has 0 saturated heterocycles. The fourth-order valence-corrected chi connectivity index (χ4v) is 7.46. The minimum Gasteiger partial charge on any atom is -0.872 e. The van der Waals surface area contributed by atoms with Crippen LogP contribution in [0.3, 0.4) is 0 Å². The Bertz CT molecular complexity index is 2160. The second-order valence-corrected chi connectivity index (χ2v) is 13.5. The van der Waals surface area contributed by atoms with Gasteiger partial charge < -0.3 is 20.1 Å². The first-order chi connectivity index (χ1) is 25.7. The summed E-state index contributed by atoms with van der Waals surface area (Å²) in [6, 6.07) is 36.8. The molecule has 293 valence electrons. The van der Waals surface area contributed by atoms with E-state index in [0.29, 0.717) is 53.7 Å². The van der Waals surface area contributed by atoms with Gasteiger partial charge in [-0.2, -0.15) is 7.11 Å². The van der Waals surface area contributed by atoms with Gasteiger partial charge in [0.25, 0.3) is 0 Å². The molecule has 6 aromatic rings. The van der Waals surface area contributed by atoms with E-state index in [1.54, 1.807) is 0 Å². The van der Waals surface area contributed by atoms with Crippen LogP contribution in [0, 0.1) is 21.0 Å². The molecule has 5 heteroatoms. The molecule has 1 radical (unpaired) electrons. The second-order valence-electron chi connectivity index (χ2n) is 13.5. The Balaban J connectivity index is 0.00000150. The Morgan fingerprint density at radius 2 is 0.804 bits per heavy atom. The minimum atomic E-state index is -0.0573. The first kappa shape index (κ1) is 47.8. The van der Waals surface area contributed by atoms with E-state index in [9.17, 15) is 15.3 Å². The Hall–Kier alpha value is -4.38. The molecule has 0 aromatic heterocycles. The van der Waals surface area contributed by atoms with Crippen molar-refractivity contribution in [3.8, 4) is 23.0 Å². The quantitative estimate of drug-likeness (QED) is 0.170. The summed E-state index contributed by atoms with van der Waals surface area (Å²) in [5.74, 6) is 0.968. The van der Waals surface area contributed by atoms with Gasteiger partial charge in [0, 0.05) is 58.4 Å². The van der Waals surface area contributed by atoms with Gasteiger partial charge in [-0.3, -0.25) is 0 Å². The van der Waals surface area contributed by atoms with Crippen LogP contribution in [0.2, 0.25) is 0 Å². The molecule has 0 fully saturated rings. The molecule has 0 aliphatic heterocycles. The zero-order chi connectivity index (χ0) is 38.1. The van der Waals surface area contributed by atoms with E-state index < -0.39 is 0 Å². The number of fused-ring (bicyclic) bond motifs is 8. The molecule has 7 rings (SSSR count). The zero-order valence-electron chi connectivity index (χ0n) is 32.6. The first-order valence-corrected chi connectivity index (χ1v) is 18.8. The summed E-state index contributed by atoms with van der Waals surface area (Å²) in [6.45, 7) is 12.0. The molecule has 0 spiro atoms. The number of aryl methyl sites for hydroxylation is 2. The molecule has 0 unspecified atom stereocenters. The number of aromatic hydroxyl groups is 2. The Morgan fingerprint density at radius 3 is 1.16 bits per heavy atom. The van der Waals surface area contributed by atoms with Crippen molar-refractivity contribution in [2.24, 2.45) is 0 Å². The van der Waals surface area contributed by atoms with Crippen LogP contribution in [0.25, 0.3) is 0 Å². The molecule has 0 amide bonds. The van der Waals surface area contributed by atoms with Crippen LogP contribution in [0.4, 0.5) is 0 Å². The van der Waals surface area contributed by atoms with Crippen molar-refractivity contribution in [2.45, 2.75) is 94.9 Å². The van der Waals surface area contributed by atoms with Gasteiger partial charge >= 0.3 is 0 Å². The topological polar surface area (TPSA) is 72.8 Å². The van der Waals surface area contributed by atoms with Crippen molar-refractivity contribution in [1.29, 1.82) is 0 Å². The van der Waals surface area contributed by atoms with Crippen LogP contribution in [0.15, 0.2) is 109 Å². The maximum Gasteiger partial charge on any atom is 0.122 e. The van der Waals surface area contributed by atoms with Crippen LogP contribution in [-0.2, 0) is 71.2 Å². The summed E-state index contributed by atoms with van der Waals surface area (Å²) < 4.78 is 5.92. The molecular weight excluding hydrogens is 765 g/mol. The van der Waals surface area contributed by atoms with E-state index in [2.05, 4.69) is 49.6 Å². The normalized spacial score (nSPS) is 11.1. The van der Waals surface area contributed by atoms with Gasteiger partial charge in [0.15, 0.2) is 0 Å². The molecule has 1 aliphatic rings. The van der Waals surface area contributed by atoms with Gasteiger partial charge in [0.05, 0.1) is 5.75 Å². The zero-order valence-corrected chi connectivity index (χ0v) is 35.5. The monoisotopic (exact) mass is 825 g/mol. The van der Waals surface area contributed by atoms with E-state index in [1.165, 1.54) is 11.1 Å². The Kier molecular flexibility index (Phi) is 19.1. The molecule has 1 aliphatic carbocycles. The van der Waals surface area contributed by atoms with Crippen LogP contribution >= 0.6 is 0 Å². The summed E-state index contributed by atoms with van der Waals surface area (Å²) in [7, 11) is 3.87. The van der Waals surface area contributed by atoms with Crippen molar-refractivity contribution in [3.05, 3.63) is 194 Å². The molecule has 4 nitrogen and oxygen atoms in total. The number of hydrogen-bond donors (Lipinski definition) is 2. The van der Waals surface area contributed by atoms with Crippen LogP contribution in [0.1, 0.15) is 120 Å². The first-order valence-electron chi connectivity index (χ1n) is 18.8. The largest absolute Gasteiger partial charge is 0.872 e. The summed E-state index contributed by atoms with van der Waals surface area (Å²) >= 11 is 0. The molecule has 0 saturated carbocycles. The van der Waals surface area contributed by atoms with Crippen LogP contribution in [0.5, 0.6) is 23.0 Å². The number of ether oxygens (including phenoxy) is 1. The van der Waals surface area contributed by atoms with Crippen LogP contribution in [-0.4, -0.2) is 10.2 Å². The number of hydrogen-bond acceptors (Lipinski definition) is 4. The van der Waals surface area contributed by atoms with E-state index >= 15 is 0 Å². The maximum atomic E-state index is 14.0. The minimum absolute atomic E-state index is 0. The summed E-state index contributed by atoms with van der Waals surface area (Å²) in [5, 5.41) is 37.6. The predicted molar refractivity (Wildman–Crippen MR) is 230 cm³/mol. The van der Waals surface area contributed by atoms with Gasteiger partial charge in [0.2, 0.25) is 0 Å². The summed E-state index contributed by atoms with van der Waals surface area (Å²) in [5.41, 5.74) is 12.5. The third-order valence-corrected chi connectivity index (χ3v) is 9.60. The third kappa shape index (κ3) is 11.4. The van der Waals surface area contributed by atoms with Crippen LogP contribution < -0.4 is 9.84 Å². The number of rotatable bonds is 5. The summed E-state index contributed by atoms with van der Waals surface area (Å²) in [6.07, 6.45) is 2.81. The van der Waals surface area contributed by atoms with Gasteiger partial charge in [-0.15, -0.1) is 5.75 Å². The van der Waals surface area contributed by atoms with Gasteiger partial charge in [-0.05, 0) is 82.3 Å². The maximum absolute atomic E-state index is 14.0. The SMILES string of the molecule is C.C.CC.CC.[CH2-]Oc1c2cc(Cc3ccccc3)cc1Cc1cc(Cc3ccccc3)cc(c1O)Cc1cc(C)cc(c1[O-])Cc1cc(C)cc(c1O)C2.[Y]. The molecule has 2 N–H and O–H groups in total. The Morgan fingerprint density at radius 1 is 0.500 bits per heavy atom. The fraction of sp³-hybridized carbons (Fsp3) is 0.275. The van der Waals surface area contributed by atoms with Gasteiger partial charge in [-0.25, -0.2) is 0 Å². The fourth-order valence-electron chi connectivity index (χ4n) is 7.46. The van der Waals surface area contributed by atoms with Crippen molar-refractivity contribution in [1.82, 2.24) is 0 Å². The predicted octanol–water partition coefficient (Wildman–Crippen LogP) is 12.1. The molecule has 8 bridgehead atoms. The Labute approximate surface area is 362 Å². The third-order valence-electron chi connectivity index (χ3n) is 9.60. The van der Waals surface area contributed by atoms with Crippen molar-refractivity contribution < 1.29 is 52.8 Å². The van der Waals surface area contributed by atoms with E-state index in [0.717, 1.165) is 50.9 Å². The number of phenols is 2. The summed E-state index contributed by atoms with van der Waals surface area (Å²) in [4.78, 5) is 0. The average Bonchev–Trinajstić information content (AvgIpc) is 3.16. The standard InChI is InChI=1S/C45H41O4.2C2H6.2CH4.Y/c1-28-14-34-24-35-15-29(2)17-37(43(35)47)26-40-22-33(19-31-12-8-5-9-13-31)23-41(45(40)49-3)27-39-21-32(18-30-10-6-4-7-11-30)20-38(44(39)48)25-36(16-28)42(34)46;2*1-2;;;/h4-17,20-23,46-48H,3,18-19,24-27H2,1-2H3;2*1-2H3;2*1H4;/q-1;;;;;/p-1. The molecule has 0 heterocycles. The average molecular weight is 826 g/mol. The van der Waals surface area contributed by atoms with Gasteiger partial charge in [-0.1, -0.05) is 174 Å². The molecule has 6 aromatic carbocycles. The smallest absolute Gasteiger partial charge is 0.122 e. The number of phenolic OH excluding ortho intramolecular Hbond substituents is 2. The van der Waals surface area contributed by atoms with E-state index in [1.807, 2.05) is 108 Å². The number of benzene rings is 6. The molecule has 56 heavy (non-hydrogen) atoms. The van der Waals surface area contributed by atoms with Crippen molar-refractivity contribution in [2.75, 3.05) is 0 Å². The van der Waals surface area contributed by atoms with E-state index in [4.69, 9.17) is 4.74 Å². The van der Waals surface area contributed by atoms with Gasteiger partial charge in [0.1, 0.15) is 11.5 Å². The molecule has 0 atom stereocenters.